The van der Waals surface area contributed by atoms with Crippen LogP contribution in [0.25, 0.3) is 0 Å². The van der Waals surface area contributed by atoms with E-state index in [0.717, 1.165) is 0 Å². The Morgan fingerprint density at radius 1 is 1.30 bits per heavy atom. The summed E-state index contributed by atoms with van der Waals surface area (Å²) in [4.78, 5) is 16.1. The molecule has 2 aliphatic heterocycles. The Hall–Kier alpha value is -2.99. The van der Waals surface area contributed by atoms with E-state index in [1.165, 1.54) is 24.2 Å². The predicted octanol–water partition coefficient (Wildman–Crippen LogP) is 0.421. The van der Waals surface area contributed by atoms with E-state index in [0.29, 0.717) is 29.2 Å². The molecule has 0 aliphatic carbocycles. The molecule has 12 heteroatoms. The van der Waals surface area contributed by atoms with Crippen LogP contribution < -0.4 is 5.14 Å². The second-order valence-corrected chi connectivity index (χ2v) is 7.34. The number of aromatic nitrogens is 2. The zero-order chi connectivity index (χ0) is 19.3. The van der Waals surface area contributed by atoms with Gasteiger partial charge in [-0.25, -0.2) is 27.3 Å². The van der Waals surface area contributed by atoms with E-state index in [9.17, 15) is 17.2 Å². The van der Waals surface area contributed by atoms with E-state index in [1.54, 1.807) is 0 Å². The van der Waals surface area contributed by atoms with Gasteiger partial charge < -0.3 is 9.30 Å². The van der Waals surface area contributed by atoms with Gasteiger partial charge in [0.05, 0.1) is 36.8 Å². The lowest BCUT2D eigenvalue weighted by molar-refractivity contribution is 0.396. The fourth-order valence-corrected chi connectivity index (χ4v) is 3.37. The molecule has 4 rings (SSSR count). The normalized spacial score (nSPS) is 18.0. The van der Waals surface area contributed by atoms with Gasteiger partial charge in [0.15, 0.2) is 6.17 Å². The van der Waals surface area contributed by atoms with Crippen molar-refractivity contribution >= 4 is 28.0 Å². The molecule has 0 amide bonds. The number of imidazole rings is 1. The number of primary sulfonamides is 1. The van der Waals surface area contributed by atoms with Crippen LogP contribution in [0.5, 0.6) is 0 Å². The highest BCUT2D eigenvalue weighted by Gasteiger charge is 2.32. The number of sulfonamides is 1. The number of amidine groups is 1. The zero-order valence-electron chi connectivity index (χ0n) is 13.8. The number of benzene rings is 1. The van der Waals surface area contributed by atoms with Gasteiger partial charge in [-0.05, 0) is 12.1 Å². The van der Waals surface area contributed by atoms with Crippen LogP contribution in [0.2, 0.25) is 0 Å². The van der Waals surface area contributed by atoms with Gasteiger partial charge in [-0.1, -0.05) is 0 Å². The summed E-state index contributed by atoms with van der Waals surface area (Å²) in [6.07, 6.45) is 2.27. The quantitative estimate of drug-likeness (QED) is 0.810. The first-order valence-electron chi connectivity index (χ1n) is 7.57. The van der Waals surface area contributed by atoms with Crippen LogP contribution in [0.15, 0.2) is 38.3 Å². The minimum absolute atomic E-state index is 0.141. The lowest BCUT2D eigenvalue weighted by Gasteiger charge is -2.15. The molecule has 1 aromatic heterocycles. The summed E-state index contributed by atoms with van der Waals surface area (Å²) >= 11 is 0. The van der Waals surface area contributed by atoms with Crippen molar-refractivity contribution in [3.63, 3.8) is 0 Å². The maximum Gasteiger partial charge on any atom is 0.314 e. The third-order valence-electron chi connectivity index (χ3n) is 4.09. The van der Waals surface area contributed by atoms with Gasteiger partial charge in [0.1, 0.15) is 23.0 Å². The Balaban J connectivity index is 1.75. The fourth-order valence-electron chi connectivity index (χ4n) is 2.83. The van der Waals surface area contributed by atoms with Crippen molar-refractivity contribution in [2.45, 2.75) is 17.6 Å². The van der Waals surface area contributed by atoms with E-state index in [-0.39, 0.29) is 18.1 Å². The van der Waals surface area contributed by atoms with Crippen LogP contribution in [0, 0.1) is 11.6 Å². The minimum Gasteiger partial charge on any atom is -0.467 e. The maximum absolute atomic E-state index is 14.4. The zero-order valence-corrected chi connectivity index (χ0v) is 14.6. The molecule has 0 radical (unpaired) electrons. The lowest BCUT2D eigenvalue weighted by atomic mass is 10.1. The average Bonchev–Trinajstić information content (AvgIpc) is 3.20. The predicted molar refractivity (Wildman–Crippen MR) is 91.4 cm³/mol. The molecule has 3 heterocycles. The molecule has 0 fully saturated rings. The number of hydrogen-bond donors (Lipinski definition) is 1. The van der Waals surface area contributed by atoms with Gasteiger partial charge in [-0.15, -0.1) is 0 Å². The largest absolute Gasteiger partial charge is 0.467 e. The molecule has 1 aromatic carbocycles. The molecule has 2 N–H and O–H groups in total. The lowest BCUT2D eigenvalue weighted by Crippen LogP contribution is -2.24. The van der Waals surface area contributed by atoms with Gasteiger partial charge in [0.25, 0.3) is 0 Å². The Bertz CT molecular complexity index is 1130. The second kappa shape index (κ2) is 6.03. The first-order valence-corrected chi connectivity index (χ1v) is 9.12. The smallest absolute Gasteiger partial charge is 0.314 e. The summed E-state index contributed by atoms with van der Waals surface area (Å²) < 4.78 is 57.8. The number of rotatable bonds is 3. The van der Waals surface area contributed by atoms with Crippen LogP contribution in [-0.2, 0) is 21.3 Å². The van der Waals surface area contributed by atoms with E-state index in [4.69, 9.17) is 9.88 Å². The number of hydrogen-bond acceptors (Lipinski definition) is 7. The van der Waals surface area contributed by atoms with Gasteiger partial charge in [0.2, 0.25) is 10.0 Å². The van der Waals surface area contributed by atoms with Crippen molar-refractivity contribution < 1.29 is 21.9 Å². The molecule has 1 atom stereocenters. The Morgan fingerprint density at radius 2 is 2.00 bits per heavy atom. The molecule has 1 unspecified atom stereocenters. The molecule has 9 nitrogen and oxygen atoms in total. The first-order chi connectivity index (χ1) is 12.8. The summed E-state index contributed by atoms with van der Waals surface area (Å²) in [7, 11) is -2.81. The summed E-state index contributed by atoms with van der Waals surface area (Å²) in [5, 5.41) is 4.93. The van der Waals surface area contributed by atoms with Gasteiger partial charge in [-0.2, -0.15) is 9.98 Å². The molecule has 2 aliphatic rings. The molecule has 27 heavy (non-hydrogen) atoms. The number of aliphatic imine (C=N–C) groups is 3. The molecule has 0 saturated carbocycles. The molecule has 0 bridgehead atoms. The molecule has 0 saturated heterocycles. The second-order valence-electron chi connectivity index (χ2n) is 5.78. The van der Waals surface area contributed by atoms with Crippen molar-refractivity contribution in [3.8, 4) is 0 Å². The van der Waals surface area contributed by atoms with Crippen LogP contribution in [0.1, 0.15) is 17.0 Å². The monoisotopic (exact) mass is 394 g/mol. The molecule has 0 spiro atoms. The van der Waals surface area contributed by atoms with Crippen molar-refractivity contribution in [3.05, 3.63) is 47.0 Å². The van der Waals surface area contributed by atoms with Gasteiger partial charge in [-0.3, -0.25) is 4.99 Å². The average molecular weight is 394 g/mol. The number of ether oxygens (including phenoxy) is 1. The van der Waals surface area contributed by atoms with E-state index < -0.39 is 32.7 Å². The third kappa shape index (κ3) is 2.92. The summed E-state index contributed by atoms with van der Waals surface area (Å²) in [5.41, 5.74) is 1.08. The standard InChI is InChI=1S/C15H12F2N6O3S/c1-26-15-21-12-13-11(4-19-14(12)22-15)20-6-23(13)5-8-9(16)2-7(3-10(8)17)27(18,24)25/h2-4,6,14H,5H2,1H3,(H2,18,24,25). The van der Waals surface area contributed by atoms with Crippen LogP contribution >= 0.6 is 0 Å². The summed E-state index contributed by atoms with van der Waals surface area (Å²) in [5.74, 6) is -2.07. The Morgan fingerprint density at radius 3 is 2.63 bits per heavy atom. The summed E-state index contributed by atoms with van der Waals surface area (Å²) in [6.45, 7) is -0.243. The van der Waals surface area contributed by atoms with Crippen LogP contribution in [-0.4, -0.2) is 49.2 Å². The highest BCUT2D eigenvalue weighted by molar-refractivity contribution is 7.89. The highest BCUT2D eigenvalue weighted by Crippen LogP contribution is 2.25. The van der Waals surface area contributed by atoms with Crippen molar-refractivity contribution in [1.82, 2.24) is 9.55 Å². The molecular weight excluding hydrogens is 382 g/mol. The number of nitrogens with two attached hydrogens (primary N) is 1. The third-order valence-corrected chi connectivity index (χ3v) is 4.99. The van der Waals surface area contributed by atoms with Gasteiger partial charge in [0, 0.05) is 5.56 Å². The van der Waals surface area contributed by atoms with Crippen LogP contribution in [0.4, 0.5) is 8.78 Å². The van der Waals surface area contributed by atoms with Crippen LogP contribution in [0.3, 0.4) is 0 Å². The Labute approximate surface area is 152 Å². The van der Waals surface area contributed by atoms with E-state index >= 15 is 0 Å². The van der Waals surface area contributed by atoms with E-state index in [1.807, 2.05) is 0 Å². The first kappa shape index (κ1) is 17.4. The number of methoxy groups -OCH3 is 1. The summed E-state index contributed by atoms with van der Waals surface area (Å²) in [6, 6.07) is 1.50. The van der Waals surface area contributed by atoms with Crippen molar-refractivity contribution in [2.75, 3.05) is 7.11 Å². The maximum atomic E-state index is 14.4. The van der Waals surface area contributed by atoms with Gasteiger partial charge >= 0.3 is 6.02 Å². The van der Waals surface area contributed by atoms with Crippen molar-refractivity contribution in [1.29, 1.82) is 0 Å². The molecular formula is C15H12F2N6O3S. The number of nitrogens with zero attached hydrogens (tertiary/aromatic N) is 5. The van der Waals surface area contributed by atoms with Crippen molar-refractivity contribution in [2.24, 2.45) is 20.1 Å². The highest BCUT2D eigenvalue weighted by atomic mass is 32.2. The topological polar surface area (TPSA) is 124 Å². The molecule has 140 valence electrons. The number of halogens is 2. The fraction of sp³-hybridized carbons (Fsp3) is 0.200. The Kier molecular flexibility index (Phi) is 3.89. The minimum atomic E-state index is -4.23. The van der Waals surface area contributed by atoms with E-state index in [2.05, 4.69) is 20.0 Å². The molecule has 2 aromatic rings. The SMILES string of the molecule is COC1=NC2N=Cc3ncn(Cc4c(F)cc(S(N)(=O)=O)cc4F)c3C2=N1. The number of fused-ring (bicyclic) bond motifs is 3.